The van der Waals surface area contributed by atoms with Gasteiger partial charge in [0.1, 0.15) is 6.61 Å². The van der Waals surface area contributed by atoms with E-state index in [-0.39, 0.29) is 19.1 Å². The maximum Gasteiger partial charge on any atom is 0.410 e. The summed E-state index contributed by atoms with van der Waals surface area (Å²) in [4.78, 5) is 26.5. The van der Waals surface area contributed by atoms with Crippen LogP contribution in [0.1, 0.15) is 27.9 Å². The fourth-order valence-electron chi connectivity index (χ4n) is 3.16. The molecule has 1 saturated heterocycles. The van der Waals surface area contributed by atoms with E-state index in [0.29, 0.717) is 18.5 Å². The molecule has 6 nitrogen and oxygen atoms in total. The van der Waals surface area contributed by atoms with Crippen molar-refractivity contribution in [2.24, 2.45) is 0 Å². The highest BCUT2D eigenvalue weighted by Gasteiger charge is 2.32. The van der Waals surface area contributed by atoms with Crippen LogP contribution in [0.5, 0.6) is 0 Å². The highest BCUT2D eigenvalue weighted by Crippen LogP contribution is 2.20. The summed E-state index contributed by atoms with van der Waals surface area (Å²) >= 11 is 3.42. The SMILES string of the molecule is Cc1c(Br)cccc1C(=O)N[C@H]1CN(C(=O)OCc2ccccc2)CC[C@@H]1O. The first-order valence-corrected chi connectivity index (χ1v) is 9.94. The number of hydrogen-bond donors (Lipinski definition) is 2. The van der Waals surface area contributed by atoms with Gasteiger partial charge in [-0.05, 0) is 36.6 Å². The quantitative estimate of drug-likeness (QED) is 0.755. The molecule has 0 spiro atoms. The maximum atomic E-state index is 12.6. The Balaban J connectivity index is 1.60. The van der Waals surface area contributed by atoms with Gasteiger partial charge in [-0.3, -0.25) is 4.79 Å². The number of benzene rings is 2. The van der Waals surface area contributed by atoms with Crippen LogP contribution in [-0.4, -0.2) is 47.2 Å². The van der Waals surface area contributed by atoms with Crippen molar-refractivity contribution in [2.45, 2.75) is 32.1 Å². The Labute approximate surface area is 172 Å². The molecule has 2 amide bonds. The molecule has 2 aromatic carbocycles. The monoisotopic (exact) mass is 446 g/mol. The van der Waals surface area contributed by atoms with Gasteiger partial charge < -0.3 is 20.1 Å². The lowest BCUT2D eigenvalue weighted by Gasteiger charge is -2.36. The predicted molar refractivity (Wildman–Crippen MR) is 109 cm³/mol. The molecular formula is C21H23BrN2O4. The van der Waals surface area contributed by atoms with Crippen LogP contribution in [-0.2, 0) is 11.3 Å². The van der Waals surface area contributed by atoms with Crippen LogP contribution in [0, 0.1) is 6.92 Å². The summed E-state index contributed by atoms with van der Waals surface area (Å²) in [6, 6.07) is 14.3. The van der Waals surface area contributed by atoms with Crippen LogP contribution >= 0.6 is 15.9 Å². The molecule has 2 atom stereocenters. The minimum Gasteiger partial charge on any atom is -0.445 e. The molecule has 28 heavy (non-hydrogen) atoms. The number of nitrogens with one attached hydrogen (secondary N) is 1. The molecule has 0 radical (unpaired) electrons. The second-order valence-electron chi connectivity index (χ2n) is 6.83. The fourth-order valence-corrected chi connectivity index (χ4v) is 3.52. The lowest BCUT2D eigenvalue weighted by molar-refractivity contribution is 0.0324. The van der Waals surface area contributed by atoms with Crippen molar-refractivity contribution >= 4 is 27.9 Å². The Kier molecular flexibility index (Phi) is 6.70. The van der Waals surface area contributed by atoms with Gasteiger partial charge in [0.15, 0.2) is 0 Å². The first-order chi connectivity index (χ1) is 13.5. The van der Waals surface area contributed by atoms with Crippen LogP contribution in [0.3, 0.4) is 0 Å². The number of likely N-dealkylation sites (tertiary alicyclic amines) is 1. The van der Waals surface area contributed by atoms with E-state index in [4.69, 9.17) is 4.74 Å². The third kappa shape index (κ3) is 4.91. The second kappa shape index (κ2) is 9.21. The van der Waals surface area contributed by atoms with E-state index in [9.17, 15) is 14.7 Å². The topological polar surface area (TPSA) is 78.9 Å². The molecule has 7 heteroatoms. The average Bonchev–Trinajstić information content (AvgIpc) is 2.70. The van der Waals surface area contributed by atoms with E-state index in [1.165, 1.54) is 4.90 Å². The third-order valence-corrected chi connectivity index (χ3v) is 5.73. The summed E-state index contributed by atoms with van der Waals surface area (Å²) in [5.74, 6) is -0.276. The van der Waals surface area contributed by atoms with Crippen LogP contribution in [0.25, 0.3) is 0 Å². The minimum atomic E-state index is -0.713. The summed E-state index contributed by atoms with van der Waals surface area (Å²) in [7, 11) is 0. The molecule has 0 bridgehead atoms. The van der Waals surface area contributed by atoms with Gasteiger partial charge >= 0.3 is 6.09 Å². The van der Waals surface area contributed by atoms with E-state index in [1.807, 2.05) is 43.3 Å². The highest BCUT2D eigenvalue weighted by atomic mass is 79.9. The molecule has 1 fully saturated rings. The molecule has 0 aliphatic carbocycles. The van der Waals surface area contributed by atoms with Gasteiger partial charge in [-0.15, -0.1) is 0 Å². The molecule has 2 N–H and O–H groups in total. The number of carbonyl (C=O) groups is 2. The zero-order valence-corrected chi connectivity index (χ0v) is 17.2. The standard InChI is InChI=1S/C21H23BrN2O4/c1-14-16(8-5-9-17(14)22)20(26)23-18-12-24(11-10-19(18)25)21(27)28-13-15-6-3-2-4-7-15/h2-9,18-19,25H,10-13H2,1H3,(H,23,26)/t18-,19-/m0/s1. The third-order valence-electron chi connectivity index (χ3n) is 4.87. The van der Waals surface area contributed by atoms with Crippen molar-refractivity contribution in [2.75, 3.05) is 13.1 Å². The molecule has 1 aliphatic rings. The van der Waals surface area contributed by atoms with Crippen LogP contribution in [0.4, 0.5) is 4.79 Å². The van der Waals surface area contributed by atoms with E-state index >= 15 is 0 Å². The zero-order chi connectivity index (χ0) is 20.1. The van der Waals surface area contributed by atoms with E-state index in [2.05, 4.69) is 21.2 Å². The van der Waals surface area contributed by atoms with E-state index in [0.717, 1.165) is 15.6 Å². The summed E-state index contributed by atoms with van der Waals surface area (Å²) < 4.78 is 6.21. The smallest absolute Gasteiger partial charge is 0.410 e. The fraction of sp³-hybridized carbons (Fsp3) is 0.333. The largest absolute Gasteiger partial charge is 0.445 e. The molecule has 3 rings (SSSR count). The van der Waals surface area contributed by atoms with Crippen molar-refractivity contribution in [3.05, 3.63) is 69.7 Å². The lowest BCUT2D eigenvalue weighted by atomic mass is 10.0. The Morgan fingerprint density at radius 2 is 1.96 bits per heavy atom. The summed E-state index contributed by atoms with van der Waals surface area (Å²) in [6.07, 6.45) is -0.786. The van der Waals surface area contributed by atoms with Gasteiger partial charge in [0, 0.05) is 23.1 Å². The zero-order valence-electron chi connectivity index (χ0n) is 15.6. The Bertz CT molecular complexity index is 844. The normalized spacial score (nSPS) is 19.2. The number of piperidine rings is 1. The van der Waals surface area contributed by atoms with Crippen molar-refractivity contribution < 1.29 is 19.4 Å². The van der Waals surface area contributed by atoms with Crippen molar-refractivity contribution in [3.8, 4) is 0 Å². The van der Waals surface area contributed by atoms with Crippen LogP contribution < -0.4 is 5.32 Å². The minimum absolute atomic E-state index is 0.187. The maximum absolute atomic E-state index is 12.6. The van der Waals surface area contributed by atoms with Gasteiger partial charge in [-0.2, -0.15) is 0 Å². The molecule has 1 heterocycles. The van der Waals surface area contributed by atoms with Crippen molar-refractivity contribution in [3.63, 3.8) is 0 Å². The molecule has 2 aromatic rings. The summed E-state index contributed by atoms with van der Waals surface area (Å²) in [6.45, 7) is 2.63. The van der Waals surface area contributed by atoms with Crippen molar-refractivity contribution in [1.29, 1.82) is 0 Å². The van der Waals surface area contributed by atoms with Gasteiger partial charge in [0.25, 0.3) is 5.91 Å². The molecule has 148 valence electrons. The molecule has 0 unspecified atom stereocenters. The number of halogens is 1. The second-order valence-corrected chi connectivity index (χ2v) is 7.69. The van der Waals surface area contributed by atoms with Gasteiger partial charge in [-0.1, -0.05) is 52.3 Å². The Hall–Kier alpha value is -2.38. The summed E-state index contributed by atoms with van der Waals surface area (Å²) in [5.41, 5.74) is 2.26. The van der Waals surface area contributed by atoms with Gasteiger partial charge in [-0.25, -0.2) is 4.79 Å². The Morgan fingerprint density at radius 1 is 1.21 bits per heavy atom. The number of rotatable bonds is 4. The number of amides is 2. The number of aliphatic hydroxyl groups excluding tert-OH is 1. The lowest BCUT2D eigenvalue weighted by Crippen LogP contribution is -2.56. The first kappa shape index (κ1) is 20.4. The Morgan fingerprint density at radius 3 is 2.71 bits per heavy atom. The predicted octanol–water partition coefficient (Wildman–Crippen LogP) is 3.26. The number of nitrogens with zero attached hydrogens (tertiary/aromatic N) is 1. The molecule has 0 aromatic heterocycles. The van der Waals surface area contributed by atoms with Gasteiger partial charge in [0.05, 0.1) is 12.1 Å². The number of hydrogen-bond acceptors (Lipinski definition) is 4. The van der Waals surface area contributed by atoms with E-state index < -0.39 is 18.2 Å². The molecule has 0 saturated carbocycles. The van der Waals surface area contributed by atoms with E-state index in [1.54, 1.807) is 12.1 Å². The first-order valence-electron chi connectivity index (χ1n) is 9.15. The van der Waals surface area contributed by atoms with Crippen LogP contribution in [0.15, 0.2) is 53.0 Å². The summed E-state index contributed by atoms with van der Waals surface area (Å²) in [5, 5.41) is 13.1. The number of aliphatic hydroxyl groups is 1. The van der Waals surface area contributed by atoms with Crippen molar-refractivity contribution in [1.82, 2.24) is 10.2 Å². The number of carbonyl (C=O) groups excluding carboxylic acids is 2. The highest BCUT2D eigenvalue weighted by molar-refractivity contribution is 9.10. The van der Waals surface area contributed by atoms with Crippen LogP contribution in [0.2, 0.25) is 0 Å². The molecular weight excluding hydrogens is 424 g/mol. The average molecular weight is 447 g/mol. The number of ether oxygens (including phenoxy) is 1. The molecule has 1 aliphatic heterocycles. The van der Waals surface area contributed by atoms with Gasteiger partial charge in [0.2, 0.25) is 0 Å².